The molecular weight excluding hydrogens is 331 g/mol. The minimum atomic E-state index is -0.242. The maximum absolute atomic E-state index is 13.6. The summed E-state index contributed by atoms with van der Waals surface area (Å²) in [5, 5.41) is 11.9. The molecule has 0 saturated carbocycles. The molecule has 0 radical (unpaired) electrons. The lowest BCUT2D eigenvalue weighted by molar-refractivity contribution is 0.0928. The number of rotatable bonds is 2. The highest BCUT2D eigenvalue weighted by molar-refractivity contribution is 6.04. The van der Waals surface area contributed by atoms with E-state index < -0.39 is 0 Å². The number of nitrogens with one attached hydrogen (secondary N) is 3. The first-order chi connectivity index (χ1) is 12.7. The van der Waals surface area contributed by atoms with Gasteiger partial charge in [-0.1, -0.05) is 18.2 Å². The molecule has 1 unspecified atom stereocenters. The number of hydrogen-bond acceptors (Lipinski definition) is 2. The number of benzene rings is 2. The summed E-state index contributed by atoms with van der Waals surface area (Å²) in [4.78, 5) is 16.2. The molecule has 130 valence electrons. The van der Waals surface area contributed by atoms with Crippen molar-refractivity contribution in [2.75, 3.05) is 0 Å². The number of halogens is 1. The summed E-state index contributed by atoms with van der Waals surface area (Å²) in [5.74, 6) is -0.446. The zero-order chi connectivity index (χ0) is 17.7. The molecule has 2 aromatic heterocycles. The van der Waals surface area contributed by atoms with Crippen molar-refractivity contribution < 1.29 is 9.18 Å². The van der Waals surface area contributed by atoms with E-state index in [1.807, 2.05) is 24.3 Å². The molecular formula is C20H17FN4O. The van der Waals surface area contributed by atoms with Crippen LogP contribution in [0.25, 0.3) is 21.8 Å². The van der Waals surface area contributed by atoms with Gasteiger partial charge in [0, 0.05) is 22.0 Å². The van der Waals surface area contributed by atoms with Gasteiger partial charge in [-0.05, 0) is 49.1 Å². The molecule has 1 amide bonds. The van der Waals surface area contributed by atoms with Crippen molar-refractivity contribution in [3.05, 3.63) is 65.2 Å². The number of hydrogen-bond donors (Lipinski definition) is 3. The van der Waals surface area contributed by atoms with Crippen molar-refractivity contribution in [1.29, 1.82) is 0 Å². The van der Waals surface area contributed by atoms with Crippen LogP contribution in [0.15, 0.2) is 42.5 Å². The number of H-pyrrole nitrogens is 2. The van der Waals surface area contributed by atoms with Gasteiger partial charge in [0.05, 0.1) is 11.6 Å². The van der Waals surface area contributed by atoms with Crippen molar-refractivity contribution in [3.63, 3.8) is 0 Å². The number of aryl methyl sites for hydroxylation is 1. The number of fused-ring (bicyclic) bond motifs is 4. The van der Waals surface area contributed by atoms with Crippen LogP contribution in [0.5, 0.6) is 0 Å². The van der Waals surface area contributed by atoms with Crippen molar-refractivity contribution in [3.8, 4) is 0 Å². The summed E-state index contributed by atoms with van der Waals surface area (Å²) in [6.45, 7) is 0. The Hall–Kier alpha value is -3.15. The van der Waals surface area contributed by atoms with Crippen LogP contribution in [0, 0.1) is 5.82 Å². The molecule has 1 atom stereocenters. The van der Waals surface area contributed by atoms with E-state index in [1.54, 1.807) is 12.1 Å². The lowest BCUT2D eigenvalue weighted by Gasteiger charge is -2.23. The first-order valence-corrected chi connectivity index (χ1v) is 8.74. The van der Waals surface area contributed by atoms with Crippen molar-refractivity contribution in [2.24, 2.45) is 0 Å². The minimum Gasteiger partial charge on any atom is -0.356 e. The second-order valence-electron chi connectivity index (χ2n) is 6.74. The summed E-state index contributed by atoms with van der Waals surface area (Å²) < 4.78 is 13.6. The lowest BCUT2D eigenvalue weighted by atomic mass is 9.91. The molecule has 0 fully saturated rings. The van der Waals surface area contributed by atoms with Crippen LogP contribution in [0.3, 0.4) is 0 Å². The fourth-order valence-electron chi connectivity index (χ4n) is 3.94. The van der Waals surface area contributed by atoms with Gasteiger partial charge in [-0.2, -0.15) is 5.10 Å². The minimum absolute atomic E-state index is 0.128. The third kappa shape index (κ3) is 2.29. The largest absolute Gasteiger partial charge is 0.356 e. The molecule has 1 aliphatic carbocycles. The molecule has 0 saturated heterocycles. The number of nitrogens with zero attached hydrogens (tertiary/aromatic N) is 1. The van der Waals surface area contributed by atoms with Gasteiger partial charge in [0.1, 0.15) is 5.82 Å². The summed E-state index contributed by atoms with van der Waals surface area (Å²) in [6.07, 6.45) is 2.68. The molecule has 0 spiro atoms. The maximum atomic E-state index is 13.6. The molecule has 1 aliphatic rings. The number of aromatic nitrogens is 3. The number of carbonyl (C=O) groups is 1. The van der Waals surface area contributed by atoms with E-state index in [2.05, 4.69) is 20.5 Å². The van der Waals surface area contributed by atoms with Gasteiger partial charge in [0.15, 0.2) is 5.69 Å². The monoisotopic (exact) mass is 348 g/mol. The van der Waals surface area contributed by atoms with E-state index in [1.165, 1.54) is 6.07 Å². The van der Waals surface area contributed by atoms with Crippen LogP contribution < -0.4 is 5.32 Å². The summed E-state index contributed by atoms with van der Waals surface area (Å²) >= 11 is 0. The Morgan fingerprint density at radius 2 is 2.04 bits per heavy atom. The van der Waals surface area contributed by atoms with E-state index in [-0.39, 0.29) is 17.8 Å². The fourth-order valence-corrected chi connectivity index (χ4v) is 3.94. The Labute approximate surface area is 148 Å². The van der Waals surface area contributed by atoms with Gasteiger partial charge < -0.3 is 10.3 Å². The van der Waals surface area contributed by atoms with Crippen LogP contribution in [0.4, 0.5) is 4.39 Å². The van der Waals surface area contributed by atoms with Gasteiger partial charge in [-0.3, -0.25) is 9.89 Å². The third-order valence-corrected chi connectivity index (χ3v) is 5.16. The summed E-state index contributed by atoms with van der Waals surface area (Å²) in [5.41, 5.74) is 4.22. The number of amides is 1. The van der Waals surface area contributed by atoms with Gasteiger partial charge in [0.2, 0.25) is 0 Å². The molecule has 26 heavy (non-hydrogen) atoms. The van der Waals surface area contributed by atoms with E-state index in [4.69, 9.17) is 0 Å². The zero-order valence-electron chi connectivity index (χ0n) is 14.0. The second kappa shape index (κ2) is 5.69. The zero-order valence-corrected chi connectivity index (χ0v) is 14.0. The third-order valence-electron chi connectivity index (χ3n) is 5.16. The number of carbonyl (C=O) groups excluding carboxylic acids is 1. The molecule has 2 heterocycles. The van der Waals surface area contributed by atoms with Gasteiger partial charge >= 0.3 is 0 Å². The molecule has 5 rings (SSSR count). The van der Waals surface area contributed by atoms with Crippen LogP contribution in [-0.4, -0.2) is 21.1 Å². The number of aromatic amines is 2. The predicted molar refractivity (Wildman–Crippen MR) is 97.5 cm³/mol. The van der Waals surface area contributed by atoms with E-state index >= 15 is 0 Å². The van der Waals surface area contributed by atoms with Crippen molar-refractivity contribution >= 4 is 27.7 Å². The quantitative estimate of drug-likeness (QED) is 0.512. The second-order valence-corrected chi connectivity index (χ2v) is 6.74. The van der Waals surface area contributed by atoms with E-state index in [9.17, 15) is 9.18 Å². The van der Waals surface area contributed by atoms with Gasteiger partial charge in [-0.25, -0.2) is 4.39 Å². The smallest absolute Gasteiger partial charge is 0.272 e. The number of para-hydroxylation sites is 1. The van der Waals surface area contributed by atoms with Crippen molar-refractivity contribution in [2.45, 2.75) is 25.3 Å². The predicted octanol–water partition coefficient (Wildman–Crippen LogP) is 3.99. The molecule has 6 heteroatoms. The van der Waals surface area contributed by atoms with E-state index in [0.29, 0.717) is 5.69 Å². The van der Waals surface area contributed by atoms with Crippen molar-refractivity contribution in [1.82, 2.24) is 20.5 Å². The Morgan fingerprint density at radius 1 is 1.15 bits per heavy atom. The highest BCUT2D eigenvalue weighted by Crippen LogP contribution is 2.35. The SMILES string of the molecule is O=C(NC1CCCc2c1[nH]c1ccc(F)cc21)c1n[nH]c2ccccc12. The van der Waals surface area contributed by atoms with Crippen LogP contribution in [0.2, 0.25) is 0 Å². The Bertz CT molecular complexity index is 1140. The van der Waals surface area contributed by atoms with Gasteiger partial charge in [-0.15, -0.1) is 0 Å². The fraction of sp³-hybridized carbons (Fsp3) is 0.200. The van der Waals surface area contributed by atoms with Crippen LogP contribution >= 0.6 is 0 Å². The molecule has 4 aromatic rings. The normalized spacial score (nSPS) is 16.7. The maximum Gasteiger partial charge on any atom is 0.272 e. The molecule has 2 aromatic carbocycles. The highest BCUT2D eigenvalue weighted by atomic mass is 19.1. The highest BCUT2D eigenvalue weighted by Gasteiger charge is 2.27. The summed E-state index contributed by atoms with van der Waals surface area (Å²) in [7, 11) is 0. The average Bonchev–Trinajstić information content (AvgIpc) is 3.24. The van der Waals surface area contributed by atoms with E-state index in [0.717, 1.165) is 52.3 Å². The van der Waals surface area contributed by atoms with Crippen LogP contribution in [-0.2, 0) is 6.42 Å². The Kier molecular flexibility index (Phi) is 3.31. The van der Waals surface area contributed by atoms with Crippen LogP contribution in [0.1, 0.15) is 40.6 Å². The molecule has 0 aliphatic heterocycles. The first kappa shape index (κ1) is 15.1. The average molecular weight is 348 g/mol. The standard InChI is InChI=1S/C20H17FN4O/c21-11-8-9-15-14(10-11)12-5-3-7-17(18(12)22-15)23-20(26)19-13-4-1-2-6-16(13)24-25-19/h1-2,4,6,8-10,17,22H,3,5,7H2,(H,23,26)(H,24,25). The Balaban J connectivity index is 1.50. The molecule has 0 bridgehead atoms. The molecule has 5 nitrogen and oxygen atoms in total. The first-order valence-electron chi connectivity index (χ1n) is 8.74. The molecule has 3 N–H and O–H groups in total. The topological polar surface area (TPSA) is 73.6 Å². The van der Waals surface area contributed by atoms with Gasteiger partial charge in [0.25, 0.3) is 5.91 Å². The Morgan fingerprint density at radius 3 is 2.96 bits per heavy atom. The lowest BCUT2D eigenvalue weighted by Crippen LogP contribution is -2.31. The summed E-state index contributed by atoms with van der Waals surface area (Å²) in [6, 6.07) is 12.2.